The predicted molar refractivity (Wildman–Crippen MR) is 46.6 cm³/mol. The molecule has 52 valence electrons. The van der Waals surface area contributed by atoms with E-state index in [9.17, 15) is 0 Å². The molecule has 0 atom stereocenters. The predicted octanol–water partition coefficient (Wildman–Crippen LogP) is 3.64. The van der Waals surface area contributed by atoms with E-state index in [1.54, 1.807) is 24.3 Å². The van der Waals surface area contributed by atoms with Gasteiger partial charge < -0.3 is 0 Å². The minimum absolute atomic E-state index is 0.680. The lowest BCUT2D eigenvalue weighted by molar-refractivity contribution is 1.66. The van der Waals surface area contributed by atoms with Gasteiger partial charge in [-0.05, 0) is 23.8 Å². The average molecular weight is 173 g/mol. The summed E-state index contributed by atoms with van der Waals surface area (Å²) in [6.07, 6.45) is 1.67. The second-order valence-electron chi connectivity index (χ2n) is 1.87. The summed E-state index contributed by atoms with van der Waals surface area (Å²) < 4.78 is 0. The zero-order valence-corrected chi connectivity index (χ0v) is 6.78. The van der Waals surface area contributed by atoms with Crippen LogP contribution < -0.4 is 0 Å². The lowest BCUT2D eigenvalue weighted by atomic mass is 10.2. The standard InChI is InChI=1S/C8H6Cl2/c1-2-6-5-7(9)3-4-8(6)10/h2-5H,1H2. The molecule has 0 saturated heterocycles. The van der Waals surface area contributed by atoms with Crippen LogP contribution in [0.15, 0.2) is 24.8 Å². The largest absolute Gasteiger partial charge is 0.0984 e. The van der Waals surface area contributed by atoms with Gasteiger partial charge in [-0.15, -0.1) is 0 Å². The summed E-state index contributed by atoms with van der Waals surface area (Å²) in [6, 6.07) is 5.27. The molecule has 0 saturated carbocycles. The zero-order chi connectivity index (χ0) is 7.56. The molecule has 1 rings (SSSR count). The third kappa shape index (κ3) is 1.53. The Labute approximate surface area is 70.1 Å². The van der Waals surface area contributed by atoms with E-state index in [-0.39, 0.29) is 0 Å². The molecule has 0 nitrogen and oxygen atoms in total. The number of hydrogen-bond acceptors (Lipinski definition) is 0. The van der Waals surface area contributed by atoms with Gasteiger partial charge in [-0.25, -0.2) is 0 Å². The van der Waals surface area contributed by atoms with Crippen molar-refractivity contribution in [3.05, 3.63) is 40.4 Å². The Balaban J connectivity index is 3.21. The molecule has 0 aliphatic heterocycles. The van der Waals surface area contributed by atoms with E-state index in [0.717, 1.165) is 5.56 Å². The first kappa shape index (κ1) is 7.64. The number of rotatable bonds is 1. The highest BCUT2D eigenvalue weighted by Crippen LogP contribution is 2.20. The zero-order valence-electron chi connectivity index (χ0n) is 5.27. The first-order valence-electron chi connectivity index (χ1n) is 2.81. The Morgan fingerprint density at radius 3 is 2.50 bits per heavy atom. The molecule has 0 aromatic heterocycles. The van der Waals surface area contributed by atoms with Gasteiger partial charge in [0, 0.05) is 10.0 Å². The maximum Gasteiger partial charge on any atom is 0.0479 e. The Hall–Kier alpha value is -0.460. The maximum atomic E-state index is 5.77. The molecule has 0 N–H and O–H groups in total. The molecular formula is C8H6Cl2. The molecule has 2 heteroatoms. The van der Waals surface area contributed by atoms with Crippen molar-refractivity contribution < 1.29 is 0 Å². The highest BCUT2D eigenvalue weighted by Gasteiger charge is 1.94. The smallest absolute Gasteiger partial charge is 0.0479 e. The van der Waals surface area contributed by atoms with E-state index in [0.29, 0.717) is 10.0 Å². The van der Waals surface area contributed by atoms with Crippen molar-refractivity contribution in [1.29, 1.82) is 0 Å². The van der Waals surface area contributed by atoms with Crippen molar-refractivity contribution in [2.45, 2.75) is 0 Å². The molecule has 0 aliphatic rings. The van der Waals surface area contributed by atoms with Crippen molar-refractivity contribution in [1.82, 2.24) is 0 Å². The van der Waals surface area contributed by atoms with E-state index < -0.39 is 0 Å². The van der Waals surface area contributed by atoms with Gasteiger partial charge >= 0.3 is 0 Å². The van der Waals surface area contributed by atoms with Crippen LogP contribution in [0.5, 0.6) is 0 Å². The quantitative estimate of drug-likeness (QED) is 0.608. The van der Waals surface area contributed by atoms with Gasteiger partial charge in [0.2, 0.25) is 0 Å². The Morgan fingerprint density at radius 2 is 2.00 bits per heavy atom. The van der Waals surface area contributed by atoms with Crippen LogP contribution in [-0.2, 0) is 0 Å². The Kier molecular flexibility index (Phi) is 2.36. The lowest BCUT2D eigenvalue weighted by Gasteiger charge is -1.96. The van der Waals surface area contributed by atoms with Crippen LogP contribution in [0.25, 0.3) is 6.08 Å². The van der Waals surface area contributed by atoms with Crippen molar-refractivity contribution >= 4 is 29.3 Å². The molecule has 0 spiro atoms. The maximum absolute atomic E-state index is 5.77. The molecule has 0 heterocycles. The fourth-order valence-electron chi connectivity index (χ4n) is 0.671. The highest BCUT2D eigenvalue weighted by molar-refractivity contribution is 6.34. The first-order valence-corrected chi connectivity index (χ1v) is 3.57. The summed E-state index contributed by atoms with van der Waals surface area (Å²) >= 11 is 11.5. The number of benzene rings is 1. The van der Waals surface area contributed by atoms with Gasteiger partial charge in [-0.1, -0.05) is 35.9 Å². The molecule has 0 bridgehead atoms. The summed E-state index contributed by atoms with van der Waals surface area (Å²) in [4.78, 5) is 0. The second-order valence-corrected chi connectivity index (χ2v) is 2.71. The molecule has 10 heavy (non-hydrogen) atoms. The minimum Gasteiger partial charge on any atom is -0.0984 e. The molecule has 0 unspecified atom stereocenters. The third-order valence-corrected chi connectivity index (χ3v) is 1.76. The van der Waals surface area contributed by atoms with Crippen LogP contribution in [-0.4, -0.2) is 0 Å². The van der Waals surface area contributed by atoms with Gasteiger partial charge in [0.15, 0.2) is 0 Å². The molecular weight excluding hydrogens is 167 g/mol. The van der Waals surface area contributed by atoms with Crippen LogP contribution in [0.1, 0.15) is 5.56 Å². The van der Waals surface area contributed by atoms with E-state index in [1.807, 2.05) is 0 Å². The monoisotopic (exact) mass is 172 g/mol. The average Bonchev–Trinajstić information content (AvgIpc) is 1.94. The van der Waals surface area contributed by atoms with E-state index in [4.69, 9.17) is 23.2 Å². The summed E-state index contributed by atoms with van der Waals surface area (Å²) in [6.45, 7) is 3.59. The van der Waals surface area contributed by atoms with Gasteiger partial charge in [-0.2, -0.15) is 0 Å². The SMILES string of the molecule is C=Cc1cc(Cl)ccc1Cl. The molecule has 0 aliphatic carbocycles. The summed E-state index contributed by atoms with van der Waals surface area (Å²) in [5.74, 6) is 0. The molecule has 0 fully saturated rings. The van der Waals surface area contributed by atoms with Gasteiger partial charge in [-0.3, -0.25) is 0 Å². The van der Waals surface area contributed by atoms with Crippen LogP contribution >= 0.6 is 23.2 Å². The fourth-order valence-corrected chi connectivity index (χ4v) is 1.05. The van der Waals surface area contributed by atoms with E-state index >= 15 is 0 Å². The van der Waals surface area contributed by atoms with Crippen LogP contribution in [0.4, 0.5) is 0 Å². The third-order valence-electron chi connectivity index (χ3n) is 1.18. The van der Waals surface area contributed by atoms with E-state index in [2.05, 4.69) is 6.58 Å². The first-order chi connectivity index (χ1) is 4.74. The number of hydrogen-bond donors (Lipinski definition) is 0. The van der Waals surface area contributed by atoms with Crippen molar-refractivity contribution in [3.63, 3.8) is 0 Å². The van der Waals surface area contributed by atoms with Gasteiger partial charge in [0.1, 0.15) is 0 Å². The second kappa shape index (κ2) is 3.09. The van der Waals surface area contributed by atoms with Gasteiger partial charge in [0.05, 0.1) is 0 Å². The molecule has 0 radical (unpaired) electrons. The number of halogens is 2. The summed E-state index contributed by atoms with van der Waals surface area (Å²) in [5.41, 5.74) is 0.870. The summed E-state index contributed by atoms with van der Waals surface area (Å²) in [7, 11) is 0. The van der Waals surface area contributed by atoms with E-state index in [1.165, 1.54) is 0 Å². The molecule has 0 amide bonds. The normalized spacial score (nSPS) is 9.40. The van der Waals surface area contributed by atoms with Crippen molar-refractivity contribution in [3.8, 4) is 0 Å². The van der Waals surface area contributed by atoms with Crippen LogP contribution in [0.3, 0.4) is 0 Å². The summed E-state index contributed by atoms with van der Waals surface area (Å²) in [5, 5.41) is 1.36. The van der Waals surface area contributed by atoms with Crippen LogP contribution in [0.2, 0.25) is 10.0 Å². The minimum atomic E-state index is 0.680. The Morgan fingerprint density at radius 1 is 1.30 bits per heavy atom. The van der Waals surface area contributed by atoms with Crippen molar-refractivity contribution in [2.75, 3.05) is 0 Å². The van der Waals surface area contributed by atoms with Gasteiger partial charge in [0.25, 0.3) is 0 Å². The molecule has 1 aromatic carbocycles. The van der Waals surface area contributed by atoms with Crippen molar-refractivity contribution in [2.24, 2.45) is 0 Å². The Bertz CT molecular complexity index is 253. The lowest BCUT2D eigenvalue weighted by Crippen LogP contribution is -1.72. The fraction of sp³-hybridized carbons (Fsp3) is 0. The topological polar surface area (TPSA) is 0 Å². The molecule has 1 aromatic rings. The highest BCUT2D eigenvalue weighted by atomic mass is 35.5. The van der Waals surface area contributed by atoms with Crippen LogP contribution in [0, 0.1) is 0 Å².